The average Bonchev–Trinajstić information content (AvgIpc) is 2.47. The Morgan fingerprint density at radius 1 is 1.38 bits per heavy atom. The Morgan fingerprint density at radius 2 is 2.19 bits per heavy atom. The summed E-state index contributed by atoms with van der Waals surface area (Å²) in [5.41, 5.74) is 1.33. The molecule has 1 unspecified atom stereocenters. The highest BCUT2D eigenvalue weighted by Crippen LogP contribution is 2.18. The summed E-state index contributed by atoms with van der Waals surface area (Å²) >= 11 is 0. The normalized spacial score (nSPS) is 20.2. The molecule has 1 aromatic rings. The maximum absolute atomic E-state index is 4.57. The predicted molar refractivity (Wildman–Crippen MR) is 89.7 cm³/mol. The molecular formula is C17H30N4. The number of aromatic nitrogens is 1. The van der Waals surface area contributed by atoms with Crippen LogP contribution in [0.15, 0.2) is 18.3 Å². The molecule has 0 aromatic carbocycles. The third-order valence-electron chi connectivity index (χ3n) is 4.19. The molecule has 1 aliphatic rings. The molecule has 0 amide bonds. The average molecular weight is 290 g/mol. The summed E-state index contributed by atoms with van der Waals surface area (Å²) in [5, 5.41) is 3.50. The minimum atomic E-state index is 0.605. The highest BCUT2D eigenvalue weighted by atomic mass is 15.3. The fourth-order valence-electron chi connectivity index (χ4n) is 2.92. The maximum Gasteiger partial charge on any atom is 0.128 e. The van der Waals surface area contributed by atoms with Gasteiger partial charge in [-0.05, 0) is 43.6 Å². The van der Waals surface area contributed by atoms with E-state index in [1.54, 1.807) is 0 Å². The van der Waals surface area contributed by atoms with Crippen LogP contribution >= 0.6 is 0 Å². The number of anilines is 1. The number of nitrogens with one attached hydrogen (secondary N) is 1. The minimum Gasteiger partial charge on any atom is -0.354 e. The molecule has 2 heterocycles. The van der Waals surface area contributed by atoms with Crippen molar-refractivity contribution in [3.63, 3.8) is 0 Å². The largest absolute Gasteiger partial charge is 0.354 e. The van der Waals surface area contributed by atoms with Gasteiger partial charge in [0, 0.05) is 38.4 Å². The molecule has 4 nitrogen and oxygen atoms in total. The lowest BCUT2D eigenvalue weighted by atomic mass is 10.1. The molecule has 0 spiro atoms. The first-order valence-corrected chi connectivity index (χ1v) is 8.24. The first-order chi connectivity index (χ1) is 10.1. The van der Waals surface area contributed by atoms with Gasteiger partial charge in [0.15, 0.2) is 0 Å². The van der Waals surface area contributed by atoms with Crippen LogP contribution in [-0.4, -0.2) is 48.6 Å². The van der Waals surface area contributed by atoms with Crippen LogP contribution in [-0.2, 0) is 6.54 Å². The number of hydrogen-bond donors (Lipinski definition) is 1. The Morgan fingerprint density at radius 3 is 2.86 bits per heavy atom. The van der Waals surface area contributed by atoms with Gasteiger partial charge < -0.3 is 10.2 Å². The Balaban J connectivity index is 1.94. The highest BCUT2D eigenvalue weighted by Gasteiger charge is 2.23. The van der Waals surface area contributed by atoms with Crippen LogP contribution in [0, 0.1) is 5.92 Å². The lowest BCUT2D eigenvalue weighted by Crippen LogP contribution is -2.52. The van der Waals surface area contributed by atoms with E-state index in [4.69, 9.17) is 0 Å². The van der Waals surface area contributed by atoms with Gasteiger partial charge in [0.05, 0.1) is 0 Å². The second kappa shape index (κ2) is 7.76. The van der Waals surface area contributed by atoms with Crippen LogP contribution in [0.4, 0.5) is 5.82 Å². The van der Waals surface area contributed by atoms with Crippen molar-refractivity contribution in [2.24, 2.45) is 5.92 Å². The molecule has 1 atom stereocenters. The van der Waals surface area contributed by atoms with Crippen LogP contribution in [0.2, 0.25) is 0 Å². The monoisotopic (exact) mass is 290 g/mol. The van der Waals surface area contributed by atoms with E-state index >= 15 is 0 Å². The molecule has 2 rings (SSSR count). The molecule has 1 aromatic heterocycles. The zero-order valence-corrected chi connectivity index (χ0v) is 14.0. The Labute approximate surface area is 129 Å². The summed E-state index contributed by atoms with van der Waals surface area (Å²) in [4.78, 5) is 9.52. The second-order valence-corrected chi connectivity index (χ2v) is 6.47. The van der Waals surface area contributed by atoms with Crippen molar-refractivity contribution in [1.82, 2.24) is 15.2 Å². The van der Waals surface area contributed by atoms with Gasteiger partial charge in [-0.1, -0.05) is 20.8 Å². The quantitative estimate of drug-likeness (QED) is 0.871. The van der Waals surface area contributed by atoms with E-state index in [1.165, 1.54) is 5.56 Å². The predicted octanol–water partition coefficient (Wildman–Crippen LogP) is 2.36. The highest BCUT2D eigenvalue weighted by molar-refractivity contribution is 5.41. The summed E-state index contributed by atoms with van der Waals surface area (Å²) in [6.45, 7) is 15.4. The Hall–Kier alpha value is -1.13. The summed E-state index contributed by atoms with van der Waals surface area (Å²) < 4.78 is 0. The van der Waals surface area contributed by atoms with Crippen LogP contribution in [0.3, 0.4) is 0 Å². The molecular weight excluding hydrogens is 260 g/mol. The third kappa shape index (κ3) is 4.68. The minimum absolute atomic E-state index is 0.605. The molecule has 1 fully saturated rings. The lowest BCUT2D eigenvalue weighted by Gasteiger charge is -2.40. The second-order valence-electron chi connectivity index (χ2n) is 6.47. The summed E-state index contributed by atoms with van der Waals surface area (Å²) in [6, 6.07) is 4.96. The van der Waals surface area contributed by atoms with Crippen molar-refractivity contribution < 1.29 is 0 Å². The standard InChI is InChI=1S/C17H30N4/c1-5-20-8-9-21(13-15(20)4)17-10-16(6-7-19-17)12-18-11-14(2)3/h6-7,10,14-15,18H,5,8-9,11-13H2,1-4H3. The number of hydrogen-bond acceptors (Lipinski definition) is 4. The van der Waals surface area contributed by atoms with E-state index in [0.29, 0.717) is 12.0 Å². The van der Waals surface area contributed by atoms with Gasteiger partial charge in [-0.3, -0.25) is 4.90 Å². The van der Waals surface area contributed by atoms with Crippen molar-refractivity contribution >= 4 is 5.82 Å². The molecule has 118 valence electrons. The van der Waals surface area contributed by atoms with E-state index in [0.717, 1.165) is 45.1 Å². The molecule has 1 aliphatic heterocycles. The van der Waals surface area contributed by atoms with Gasteiger partial charge in [-0.2, -0.15) is 0 Å². The van der Waals surface area contributed by atoms with Gasteiger partial charge in [0.2, 0.25) is 0 Å². The fraction of sp³-hybridized carbons (Fsp3) is 0.706. The fourth-order valence-corrected chi connectivity index (χ4v) is 2.92. The maximum atomic E-state index is 4.57. The van der Waals surface area contributed by atoms with E-state index in [1.807, 2.05) is 6.20 Å². The molecule has 4 heteroatoms. The molecule has 1 saturated heterocycles. The van der Waals surface area contributed by atoms with Crippen LogP contribution in [0.1, 0.15) is 33.3 Å². The topological polar surface area (TPSA) is 31.4 Å². The van der Waals surface area contributed by atoms with E-state index in [9.17, 15) is 0 Å². The van der Waals surface area contributed by atoms with Crippen molar-refractivity contribution in [3.05, 3.63) is 23.9 Å². The number of rotatable bonds is 6. The third-order valence-corrected chi connectivity index (χ3v) is 4.19. The first kappa shape index (κ1) is 16.2. The van der Waals surface area contributed by atoms with Crippen molar-refractivity contribution in [2.45, 2.75) is 40.3 Å². The first-order valence-electron chi connectivity index (χ1n) is 8.24. The summed E-state index contributed by atoms with van der Waals surface area (Å²) in [6.07, 6.45) is 1.94. The lowest BCUT2D eigenvalue weighted by molar-refractivity contribution is 0.199. The van der Waals surface area contributed by atoms with E-state index in [2.05, 4.69) is 59.9 Å². The number of nitrogens with zero attached hydrogens (tertiary/aromatic N) is 3. The van der Waals surface area contributed by atoms with E-state index in [-0.39, 0.29) is 0 Å². The molecule has 1 N–H and O–H groups in total. The molecule has 0 bridgehead atoms. The van der Waals surface area contributed by atoms with E-state index < -0.39 is 0 Å². The van der Waals surface area contributed by atoms with Crippen molar-refractivity contribution in [2.75, 3.05) is 37.6 Å². The van der Waals surface area contributed by atoms with Crippen LogP contribution in [0.5, 0.6) is 0 Å². The zero-order chi connectivity index (χ0) is 15.2. The van der Waals surface area contributed by atoms with Crippen LogP contribution in [0.25, 0.3) is 0 Å². The van der Waals surface area contributed by atoms with Gasteiger partial charge in [-0.25, -0.2) is 4.98 Å². The van der Waals surface area contributed by atoms with Crippen molar-refractivity contribution in [3.8, 4) is 0 Å². The van der Waals surface area contributed by atoms with Gasteiger partial charge >= 0.3 is 0 Å². The summed E-state index contributed by atoms with van der Waals surface area (Å²) in [7, 11) is 0. The Kier molecular flexibility index (Phi) is 6.00. The molecule has 0 aliphatic carbocycles. The number of likely N-dealkylation sites (N-methyl/N-ethyl adjacent to an activating group) is 1. The number of pyridine rings is 1. The smallest absolute Gasteiger partial charge is 0.128 e. The van der Waals surface area contributed by atoms with Crippen LogP contribution < -0.4 is 10.2 Å². The van der Waals surface area contributed by atoms with Gasteiger partial charge in [-0.15, -0.1) is 0 Å². The van der Waals surface area contributed by atoms with Crippen molar-refractivity contribution in [1.29, 1.82) is 0 Å². The Bertz CT molecular complexity index is 433. The summed E-state index contributed by atoms with van der Waals surface area (Å²) in [5.74, 6) is 1.82. The number of piperazine rings is 1. The SMILES string of the molecule is CCN1CCN(c2cc(CNCC(C)C)ccn2)CC1C. The molecule has 21 heavy (non-hydrogen) atoms. The van der Waals surface area contributed by atoms with Gasteiger partial charge in [0.25, 0.3) is 0 Å². The molecule has 0 radical (unpaired) electrons. The zero-order valence-electron chi connectivity index (χ0n) is 14.0. The molecule has 0 saturated carbocycles. The van der Waals surface area contributed by atoms with Gasteiger partial charge in [0.1, 0.15) is 5.82 Å².